The number of aliphatic hydroxyl groups is 1. The molecule has 0 heterocycles. The van der Waals surface area contributed by atoms with Gasteiger partial charge >= 0.3 is 12.1 Å². The summed E-state index contributed by atoms with van der Waals surface area (Å²) in [6.45, 7) is 0.427. The summed E-state index contributed by atoms with van der Waals surface area (Å²) in [6, 6.07) is 0. The van der Waals surface area contributed by atoms with Crippen molar-refractivity contribution >= 4 is 17.6 Å². The second kappa shape index (κ2) is 7.55. The maximum Gasteiger partial charge on any atom is 0.426 e. The minimum absolute atomic E-state index is 0.643. The van der Waals surface area contributed by atoms with Crippen molar-refractivity contribution < 1.29 is 45.4 Å². The maximum atomic E-state index is 13.9. The molecule has 28 heavy (non-hydrogen) atoms. The molecule has 0 bridgehead atoms. The highest BCUT2D eigenvalue weighted by atomic mass is 35.5. The number of ether oxygens (including phenoxy) is 1. The molecule has 156 valence electrons. The van der Waals surface area contributed by atoms with Gasteiger partial charge in [0.25, 0.3) is 0 Å². The van der Waals surface area contributed by atoms with E-state index in [4.69, 9.17) is 16.7 Å². The number of rotatable bonds is 5. The molecule has 1 aliphatic carbocycles. The molecule has 1 N–H and O–H groups in total. The van der Waals surface area contributed by atoms with Gasteiger partial charge in [-0.25, -0.2) is 17.6 Å². The van der Waals surface area contributed by atoms with Gasteiger partial charge in [0.15, 0.2) is 23.3 Å². The van der Waals surface area contributed by atoms with E-state index in [9.17, 15) is 35.5 Å². The Kier molecular flexibility index (Phi) is 6.06. The van der Waals surface area contributed by atoms with E-state index in [1.165, 1.54) is 13.8 Å². The first-order chi connectivity index (χ1) is 12.7. The van der Waals surface area contributed by atoms with Gasteiger partial charge in [-0.15, -0.1) is 0 Å². The Morgan fingerprint density at radius 3 is 2.00 bits per heavy atom. The van der Waals surface area contributed by atoms with Crippen LogP contribution in [0.2, 0.25) is 0 Å². The van der Waals surface area contributed by atoms with Crippen molar-refractivity contribution in [1.29, 1.82) is 0 Å². The van der Waals surface area contributed by atoms with E-state index in [1.807, 2.05) is 0 Å². The molecule has 1 fully saturated rings. The summed E-state index contributed by atoms with van der Waals surface area (Å²) in [6.07, 6.45) is -4.16. The first kappa shape index (κ1) is 22.5. The first-order valence-electron chi connectivity index (χ1n) is 7.80. The Bertz CT molecular complexity index is 804. The molecule has 1 saturated carbocycles. The van der Waals surface area contributed by atoms with Crippen molar-refractivity contribution in [2.45, 2.75) is 33.2 Å². The molecule has 2 rings (SSSR count). The average Bonchev–Trinajstić information content (AvgIpc) is 3.13. The molecule has 11 heteroatoms. The fraction of sp³-hybridized carbons (Fsp3) is 0.471. The van der Waals surface area contributed by atoms with Crippen LogP contribution in [0.15, 0.2) is 11.1 Å². The van der Waals surface area contributed by atoms with E-state index in [0.29, 0.717) is 6.08 Å². The second-order valence-corrected chi connectivity index (χ2v) is 7.22. The van der Waals surface area contributed by atoms with E-state index in [2.05, 4.69) is 4.74 Å². The smallest absolute Gasteiger partial charge is 0.426 e. The van der Waals surface area contributed by atoms with Crippen molar-refractivity contribution in [2.24, 2.45) is 17.3 Å². The number of allylic oxidation sites excluding steroid dienone is 2. The van der Waals surface area contributed by atoms with Gasteiger partial charge < -0.3 is 9.84 Å². The Morgan fingerprint density at radius 2 is 1.57 bits per heavy atom. The predicted molar refractivity (Wildman–Crippen MR) is 82.7 cm³/mol. The highest BCUT2D eigenvalue weighted by Crippen LogP contribution is 2.60. The van der Waals surface area contributed by atoms with Crippen molar-refractivity contribution in [2.75, 3.05) is 0 Å². The molecule has 0 saturated heterocycles. The van der Waals surface area contributed by atoms with Crippen LogP contribution >= 0.6 is 11.6 Å². The molecular weight excluding hydrogens is 421 g/mol. The van der Waals surface area contributed by atoms with Crippen LogP contribution in [0.3, 0.4) is 0 Å². The highest BCUT2D eigenvalue weighted by Gasteiger charge is 2.62. The van der Waals surface area contributed by atoms with Gasteiger partial charge in [-0.1, -0.05) is 31.5 Å². The number of esters is 1. The lowest BCUT2D eigenvalue weighted by molar-refractivity contribution is -0.147. The van der Waals surface area contributed by atoms with Gasteiger partial charge in [0.1, 0.15) is 11.6 Å². The topological polar surface area (TPSA) is 46.5 Å². The summed E-state index contributed by atoms with van der Waals surface area (Å²) < 4.78 is 97.2. The van der Waals surface area contributed by atoms with Crippen LogP contribution < -0.4 is 0 Å². The molecule has 2 atom stereocenters. The van der Waals surface area contributed by atoms with Crippen LogP contribution in [0.1, 0.15) is 25.0 Å². The van der Waals surface area contributed by atoms with Crippen LogP contribution in [0.5, 0.6) is 0 Å². The molecule has 0 amide bonds. The van der Waals surface area contributed by atoms with Gasteiger partial charge in [0.05, 0.1) is 23.7 Å². The van der Waals surface area contributed by atoms with Crippen molar-refractivity contribution in [3.63, 3.8) is 0 Å². The third kappa shape index (κ3) is 3.98. The van der Waals surface area contributed by atoms with E-state index < -0.39 is 82.0 Å². The number of aliphatic hydroxyl groups excluding tert-OH is 1. The number of alkyl halides is 3. The van der Waals surface area contributed by atoms with Crippen molar-refractivity contribution in [3.8, 4) is 0 Å². The van der Waals surface area contributed by atoms with Gasteiger partial charge in [-0.3, -0.25) is 4.79 Å². The van der Waals surface area contributed by atoms with Crippen LogP contribution in [-0.4, -0.2) is 17.3 Å². The van der Waals surface area contributed by atoms with Gasteiger partial charge in [0.2, 0.25) is 0 Å². The fourth-order valence-corrected chi connectivity index (χ4v) is 3.05. The lowest BCUT2D eigenvalue weighted by Gasteiger charge is -2.11. The standard InChI is InChI=1S/C17H14ClF7O3/c1-16(2)8(3-9(18)17(23,24)25)10(16)15(27)28-5-7-13(21)11(19)6(4-26)12(20)14(7)22/h3,8,10,26H,4-5H2,1-2H3/t8-,10+/m1/s1. The quantitative estimate of drug-likeness (QED) is 0.414. The monoisotopic (exact) mass is 434 g/mol. The molecule has 0 aliphatic heterocycles. The van der Waals surface area contributed by atoms with Crippen molar-refractivity contribution in [3.05, 3.63) is 45.5 Å². The number of hydrogen-bond donors (Lipinski definition) is 1. The Hall–Kier alpha value is -1.81. The molecule has 0 spiro atoms. The first-order valence-corrected chi connectivity index (χ1v) is 8.18. The van der Waals surface area contributed by atoms with Gasteiger partial charge in [-0.2, -0.15) is 13.2 Å². The number of carbonyl (C=O) groups excluding carboxylic acids is 1. The fourth-order valence-electron chi connectivity index (χ4n) is 2.91. The van der Waals surface area contributed by atoms with E-state index in [1.54, 1.807) is 0 Å². The summed E-state index contributed by atoms with van der Waals surface area (Å²) in [7, 11) is 0. The molecule has 1 aromatic rings. The minimum Gasteiger partial charge on any atom is -0.460 e. The third-order valence-corrected chi connectivity index (χ3v) is 5.06. The Morgan fingerprint density at radius 1 is 1.11 bits per heavy atom. The largest absolute Gasteiger partial charge is 0.460 e. The molecule has 1 aliphatic rings. The molecule has 3 nitrogen and oxygen atoms in total. The summed E-state index contributed by atoms with van der Waals surface area (Å²) in [5.41, 5.74) is -3.42. The summed E-state index contributed by atoms with van der Waals surface area (Å²) in [5, 5.41) is 7.33. The molecule has 0 aromatic heterocycles. The van der Waals surface area contributed by atoms with E-state index >= 15 is 0 Å². The lowest BCUT2D eigenvalue weighted by atomic mass is 10.1. The third-order valence-electron chi connectivity index (χ3n) is 4.72. The summed E-state index contributed by atoms with van der Waals surface area (Å²) in [4.78, 5) is 12.1. The zero-order chi connectivity index (χ0) is 21.6. The number of hydrogen-bond acceptors (Lipinski definition) is 3. The molecular formula is C17H14ClF7O3. The SMILES string of the molecule is CC1(C)[C@H](C=C(Cl)C(F)(F)F)[C@H]1C(=O)OCc1c(F)c(F)c(CO)c(F)c1F. The zero-order valence-electron chi connectivity index (χ0n) is 14.4. The number of halogens is 8. The minimum atomic E-state index is -4.80. The molecule has 1 aromatic carbocycles. The highest BCUT2D eigenvalue weighted by molar-refractivity contribution is 6.30. The summed E-state index contributed by atoms with van der Waals surface area (Å²) >= 11 is 5.15. The van der Waals surface area contributed by atoms with E-state index in [0.717, 1.165) is 0 Å². The molecule has 0 unspecified atom stereocenters. The van der Waals surface area contributed by atoms with Gasteiger partial charge in [0, 0.05) is 0 Å². The Labute approximate surface area is 159 Å². The maximum absolute atomic E-state index is 13.9. The number of carbonyl (C=O) groups is 1. The lowest BCUT2D eigenvalue weighted by Crippen LogP contribution is -2.15. The van der Waals surface area contributed by atoms with Crippen LogP contribution in [-0.2, 0) is 22.7 Å². The van der Waals surface area contributed by atoms with Gasteiger partial charge in [-0.05, 0) is 11.3 Å². The van der Waals surface area contributed by atoms with Crippen LogP contribution in [0.25, 0.3) is 0 Å². The van der Waals surface area contributed by atoms with Crippen LogP contribution in [0, 0.1) is 40.5 Å². The molecule has 0 radical (unpaired) electrons. The normalized spacial score (nSPS) is 21.6. The predicted octanol–water partition coefficient (Wildman–Crippen LogP) is 4.74. The Balaban J connectivity index is 2.18. The van der Waals surface area contributed by atoms with E-state index in [-0.39, 0.29) is 0 Å². The van der Waals surface area contributed by atoms with Crippen molar-refractivity contribution in [1.82, 2.24) is 0 Å². The second-order valence-electron chi connectivity index (χ2n) is 6.82. The zero-order valence-corrected chi connectivity index (χ0v) is 15.2. The number of benzene rings is 1. The summed E-state index contributed by atoms with van der Waals surface area (Å²) in [5.74, 6) is -10.5. The average molecular weight is 435 g/mol. The van der Waals surface area contributed by atoms with Crippen LogP contribution in [0.4, 0.5) is 30.7 Å².